The Morgan fingerprint density at radius 2 is 1.73 bits per heavy atom. The lowest BCUT2D eigenvalue weighted by molar-refractivity contribution is 0.217. The van der Waals surface area contributed by atoms with Crippen LogP contribution in [0, 0.1) is 0 Å². The van der Waals surface area contributed by atoms with Gasteiger partial charge < -0.3 is 30.3 Å². The van der Waals surface area contributed by atoms with Gasteiger partial charge in [0.25, 0.3) is 0 Å². The molecule has 33 heavy (non-hydrogen) atoms. The molecule has 0 radical (unpaired) electrons. The highest BCUT2D eigenvalue weighted by Crippen LogP contribution is 2.34. The number of rotatable bonds is 11. The van der Waals surface area contributed by atoms with E-state index in [0.717, 1.165) is 36.2 Å². The van der Waals surface area contributed by atoms with Gasteiger partial charge in [-0.3, -0.25) is 0 Å². The maximum Gasteiger partial charge on any atom is 0.319 e. The van der Waals surface area contributed by atoms with Crippen LogP contribution in [0.15, 0.2) is 42.7 Å². The maximum absolute atomic E-state index is 11.7. The minimum atomic E-state index is -0.234. The smallest absolute Gasteiger partial charge is 0.319 e. The molecule has 0 atom stereocenters. The van der Waals surface area contributed by atoms with Crippen LogP contribution in [0.1, 0.15) is 20.8 Å². The summed E-state index contributed by atoms with van der Waals surface area (Å²) < 4.78 is 11.6. The van der Waals surface area contributed by atoms with Crippen molar-refractivity contribution in [3.05, 3.63) is 42.7 Å². The Kier molecular flexibility index (Phi) is 8.65. The van der Waals surface area contributed by atoms with Crippen LogP contribution in [0.25, 0.3) is 10.9 Å². The van der Waals surface area contributed by atoms with E-state index in [0.29, 0.717) is 36.2 Å². The van der Waals surface area contributed by atoms with Crippen molar-refractivity contribution in [1.82, 2.24) is 20.2 Å². The molecule has 9 nitrogen and oxygen atoms in total. The molecule has 176 valence electrons. The molecule has 3 aromatic rings. The van der Waals surface area contributed by atoms with Crippen LogP contribution >= 0.6 is 0 Å². The highest BCUT2D eigenvalue weighted by atomic mass is 16.5. The summed E-state index contributed by atoms with van der Waals surface area (Å²) in [6.45, 7) is 10.1. The molecule has 9 heteroatoms. The standard InChI is InChI=1S/C24H32N6O3/c1-5-25-24(31)29-18-10-8-17(9-11-18)28-23-19-14-22(33-13-12-30(6-2)7-3)21(32-4)15-20(19)26-16-27-23/h8-11,14-16H,5-7,12-13H2,1-4H3,(H2,25,29,31)(H,26,27,28). The number of nitrogens with zero attached hydrogens (tertiary/aromatic N) is 3. The molecule has 2 aromatic carbocycles. The number of fused-ring (bicyclic) bond motifs is 1. The van der Waals surface area contributed by atoms with Crippen molar-refractivity contribution in [3.63, 3.8) is 0 Å². The van der Waals surface area contributed by atoms with Gasteiger partial charge in [0.1, 0.15) is 18.8 Å². The van der Waals surface area contributed by atoms with Crippen molar-refractivity contribution in [2.75, 3.05) is 50.5 Å². The fourth-order valence-electron chi connectivity index (χ4n) is 3.37. The first-order chi connectivity index (χ1) is 16.1. The molecule has 2 amide bonds. The van der Waals surface area contributed by atoms with Crippen LogP contribution in [-0.4, -0.2) is 60.8 Å². The Hall–Kier alpha value is -3.59. The number of ether oxygens (including phenoxy) is 2. The Labute approximate surface area is 194 Å². The second kappa shape index (κ2) is 11.9. The average molecular weight is 453 g/mol. The SMILES string of the molecule is CCNC(=O)Nc1ccc(Nc2ncnc3cc(OC)c(OCCN(CC)CC)cc23)cc1. The number of anilines is 3. The van der Waals surface area contributed by atoms with Crippen molar-refractivity contribution in [1.29, 1.82) is 0 Å². The van der Waals surface area contributed by atoms with Crippen LogP contribution in [0.2, 0.25) is 0 Å². The Morgan fingerprint density at radius 1 is 1.00 bits per heavy atom. The van der Waals surface area contributed by atoms with E-state index in [-0.39, 0.29) is 6.03 Å². The van der Waals surface area contributed by atoms with Crippen LogP contribution in [-0.2, 0) is 0 Å². The number of nitrogens with one attached hydrogen (secondary N) is 3. The second-order valence-electron chi connectivity index (χ2n) is 7.30. The minimum absolute atomic E-state index is 0.234. The number of urea groups is 1. The Balaban J connectivity index is 1.79. The van der Waals surface area contributed by atoms with E-state index in [2.05, 4.69) is 44.7 Å². The maximum atomic E-state index is 11.7. The molecule has 3 rings (SSSR count). The fraction of sp³-hybridized carbons (Fsp3) is 0.375. The Morgan fingerprint density at radius 3 is 2.39 bits per heavy atom. The zero-order chi connectivity index (χ0) is 23.6. The second-order valence-corrected chi connectivity index (χ2v) is 7.30. The Bertz CT molecular complexity index is 1050. The lowest BCUT2D eigenvalue weighted by atomic mass is 10.2. The summed E-state index contributed by atoms with van der Waals surface area (Å²) >= 11 is 0. The minimum Gasteiger partial charge on any atom is -0.493 e. The summed E-state index contributed by atoms with van der Waals surface area (Å²) in [6, 6.07) is 10.9. The largest absolute Gasteiger partial charge is 0.493 e. The van der Waals surface area contributed by atoms with Gasteiger partial charge in [0.05, 0.1) is 12.6 Å². The molecule has 0 aliphatic rings. The third-order valence-corrected chi connectivity index (χ3v) is 5.22. The molecule has 0 bridgehead atoms. The van der Waals surface area contributed by atoms with E-state index in [1.54, 1.807) is 7.11 Å². The monoisotopic (exact) mass is 452 g/mol. The van der Waals surface area contributed by atoms with Gasteiger partial charge in [0, 0.05) is 35.9 Å². The molecule has 1 heterocycles. The number of hydrogen-bond acceptors (Lipinski definition) is 7. The zero-order valence-electron chi connectivity index (χ0n) is 19.6. The lowest BCUT2D eigenvalue weighted by Gasteiger charge is -2.19. The highest BCUT2D eigenvalue weighted by Gasteiger charge is 2.12. The summed E-state index contributed by atoms with van der Waals surface area (Å²) in [5.74, 6) is 1.93. The predicted molar refractivity (Wildman–Crippen MR) is 132 cm³/mol. The van der Waals surface area contributed by atoms with Gasteiger partial charge in [-0.05, 0) is 50.3 Å². The quantitative estimate of drug-likeness (QED) is 0.400. The molecule has 0 aliphatic heterocycles. The average Bonchev–Trinajstić information content (AvgIpc) is 2.83. The van der Waals surface area contributed by atoms with Gasteiger partial charge in [-0.1, -0.05) is 13.8 Å². The van der Waals surface area contributed by atoms with Crippen LogP contribution in [0.4, 0.5) is 22.0 Å². The van der Waals surface area contributed by atoms with Crippen molar-refractivity contribution < 1.29 is 14.3 Å². The summed E-state index contributed by atoms with van der Waals surface area (Å²) in [5, 5.41) is 9.63. The van der Waals surface area contributed by atoms with E-state index in [1.165, 1.54) is 6.33 Å². The number of carbonyl (C=O) groups excluding carboxylic acids is 1. The summed E-state index contributed by atoms with van der Waals surface area (Å²) in [5.41, 5.74) is 2.28. The third kappa shape index (κ3) is 6.45. The van der Waals surface area contributed by atoms with Gasteiger partial charge in [-0.2, -0.15) is 0 Å². The number of aromatic nitrogens is 2. The van der Waals surface area contributed by atoms with Crippen LogP contribution in [0.3, 0.4) is 0 Å². The van der Waals surface area contributed by atoms with E-state index in [9.17, 15) is 4.79 Å². The van der Waals surface area contributed by atoms with Gasteiger partial charge in [0.15, 0.2) is 11.5 Å². The molecule has 0 fully saturated rings. The van der Waals surface area contributed by atoms with Gasteiger partial charge in [-0.15, -0.1) is 0 Å². The van der Waals surface area contributed by atoms with Crippen molar-refractivity contribution in [3.8, 4) is 11.5 Å². The number of hydrogen-bond donors (Lipinski definition) is 3. The van der Waals surface area contributed by atoms with Gasteiger partial charge in [-0.25, -0.2) is 14.8 Å². The molecular weight excluding hydrogens is 420 g/mol. The molecule has 0 unspecified atom stereocenters. The normalized spacial score (nSPS) is 10.8. The van der Waals surface area contributed by atoms with Crippen molar-refractivity contribution in [2.24, 2.45) is 0 Å². The summed E-state index contributed by atoms with van der Waals surface area (Å²) in [4.78, 5) is 22.8. The molecule has 0 aliphatic carbocycles. The molecular formula is C24H32N6O3. The van der Waals surface area contributed by atoms with Gasteiger partial charge >= 0.3 is 6.03 Å². The van der Waals surface area contributed by atoms with Crippen molar-refractivity contribution >= 4 is 34.1 Å². The predicted octanol–water partition coefficient (Wildman–Crippen LogP) is 4.24. The number of carbonyl (C=O) groups is 1. The zero-order valence-corrected chi connectivity index (χ0v) is 19.6. The van der Waals surface area contributed by atoms with E-state index in [4.69, 9.17) is 9.47 Å². The summed E-state index contributed by atoms with van der Waals surface area (Å²) in [6.07, 6.45) is 1.51. The van der Waals surface area contributed by atoms with E-state index >= 15 is 0 Å². The molecule has 1 aromatic heterocycles. The third-order valence-electron chi connectivity index (χ3n) is 5.22. The first kappa shape index (κ1) is 24.1. The fourth-order valence-corrected chi connectivity index (χ4v) is 3.37. The summed E-state index contributed by atoms with van der Waals surface area (Å²) in [7, 11) is 1.62. The van der Waals surface area contributed by atoms with Gasteiger partial charge in [0.2, 0.25) is 0 Å². The number of benzene rings is 2. The first-order valence-electron chi connectivity index (χ1n) is 11.2. The molecule has 3 N–H and O–H groups in total. The highest BCUT2D eigenvalue weighted by molar-refractivity contribution is 5.93. The molecule has 0 saturated carbocycles. The molecule has 0 spiro atoms. The first-order valence-corrected chi connectivity index (χ1v) is 11.2. The van der Waals surface area contributed by atoms with Crippen LogP contribution < -0.4 is 25.4 Å². The number of methoxy groups -OCH3 is 1. The number of likely N-dealkylation sites (N-methyl/N-ethyl adjacent to an activating group) is 1. The van der Waals surface area contributed by atoms with E-state index in [1.807, 2.05) is 43.3 Å². The number of amides is 2. The lowest BCUT2D eigenvalue weighted by Crippen LogP contribution is -2.28. The van der Waals surface area contributed by atoms with Crippen molar-refractivity contribution in [2.45, 2.75) is 20.8 Å². The topological polar surface area (TPSA) is 101 Å². The van der Waals surface area contributed by atoms with Crippen LogP contribution in [0.5, 0.6) is 11.5 Å². The van der Waals surface area contributed by atoms with E-state index < -0.39 is 0 Å². The molecule has 0 saturated heterocycles.